The van der Waals surface area contributed by atoms with Gasteiger partial charge >= 0.3 is 11.9 Å². The van der Waals surface area contributed by atoms with E-state index in [2.05, 4.69) is 10.0 Å². The molecule has 0 amide bonds. The third-order valence-electron chi connectivity index (χ3n) is 3.71. The van der Waals surface area contributed by atoms with Crippen molar-refractivity contribution in [3.63, 3.8) is 0 Å². The number of rotatable bonds is 10. The standard InChI is InChI=1S/C15H25N3O6/c1-13(2,9-24-10-19)7-14(3,11(20)22-5)8-15(4,17-18-16)12(21)23-6/h10H,7-9H2,1-6H3. The van der Waals surface area contributed by atoms with Gasteiger partial charge in [-0.3, -0.25) is 14.4 Å². The van der Waals surface area contributed by atoms with Crippen LogP contribution in [0.5, 0.6) is 0 Å². The summed E-state index contributed by atoms with van der Waals surface area (Å²) in [5.74, 6) is -1.32. The fourth-order valence-corrected chi connectivity index (χ4v) is 3.05. The van der Waals surface area contributed by atoms with E-state index in [4.69, 9.17) is 19.7 Å². The van der Waals surface area contributed by atoms with Crippen LogP contribution < -0.4 is 0 Å². The average Bonchev–Trinajstić information content (AvgIpc) is 2.50. The quantitative estimate of drug-likeness (QED) is 0.150. The number of carbonyl (C=O) groups excluding carboxylic acids is 3. The highest BCUT2D eigenvalue weighted by Gasteiger charge is 2.48. The molecule has 0 fully saturated rings. The van der Waals surface area contributed by atoms with E-state index in [1.54, 1.807) is 20.8 Å². The molecule has 9 nitrogen and oxygen atoms in total. The molecule has 0 bridgehead atoms. The fourth-order valence-electron chi connectivity index (χ4n) is 3.05. The minimum Gasteiger partial charge on any atom is -0.469 e. The van der Waals surface area contributed by atoms with Gasteiger partial charge in [-0.15, -0.1) is 0 Å². The maximum Gasteiger partial charge on any atom is 0.317 e. The third-order valence-corrected chi connectivity index (χ3v) is 3.71. The fraction of sp³-hybridized carbons (Fsp3) is 0.800. The van der Waals surface area contributed by atoms with Crippen LogP contribution in [0.1, 0.15) is 40.5 Å². The maximum absolute atomic E-state index is 12.4. The zero-order chi connectivity index (χ0) is 19.0. The molecule has 0 saturated carbocycles. The summed E-state index contributed by atoms with van der Waals surface area (Å²) in [6, 6.07) is 0. The molecule has 0 aromatic rings. The smallest absolute Gasteiger partial charge is 0.317 e. The van der Waals surface area contributed by atoms with E-state index in [9.17, 15) is 14.4 Å². The molecular formula is C15H25N3O6. The molecule has 0 N–H and O–H groups in total. The summed E-state index contributed by atoms with van der Waals surface area (Å²) in [6.45, 7) is 7.03. The molecule has 0 rings (SSSR count). The van der Waals surface area contributed by atoms with Crippen molar-refractivity contribution in [2.24, 2.45) is 15.9 Å². The molecule has 0 aromatic heterocycles. The van der Waals surface area contributed by atoms with Gasteiger partial charge in [-0.25, -0.2) is 0 Å². The van der Waals surface area contributed by atoms with Crippen molar-refractivity contribution in [3.8, 4) is 0 Å². The van der Waals surface area contributed by atoms with Crippen LogP contribution >= 0.6 is 0 Å². The van der Waals surface area contributed by atoms with Gasteiger partial charge in [0.2, 0.25) is 0 Å². The molecule has 2 atom stereocenters. The number of ether oxygens (including phenoxy) is 3. The summed E-state index contributed by atoms with van der Waals surface area (Å²) in [4.78, 5) is 37.5. The van der Waals surface area contributed by atoms with Gasteiger partial charge in [0.25, 0.3) is 6.47 Å². The van der Waals surface area contributed by atoms with E-state index in [1.165, 1.54) is 21.1 Å². The van der Waals surface area contributed by atoms with Gasteiger partial charge in [-0.05, 0) is 32.2 Å². The highest BCUT2D eigenvalue weighted by atomic mass is 16.5. The zero-order valence-electron chi connectivity index (χ0n) is 15.0. The van der Waals surface area contributed by atoms with Gasteiger partial charge in [0.15, 0.2) is 0 Å². The molecule has 0 heterocycles. The predicted octanol–water partition coefficient (Wildman–Crippen LogP) is 2.39. The minimum atomic E-state index is -1.58. The molecule has 0 aromatic carbocycles. The Morgan fingerprint density at radius 2 is 1.62 bits per heavy atom. The van der Waals surface area contributed by atoms with Crippen LogP contribution in [-0.4, -0.2) is 44.8 Å². The second kappa shape index (κ2) is 8.54. The zero-order valence-corrected chi connectivity index (χ0v) is 15.0. The van der Waals surface area contributed by atoms with Crippen molar-refractivity contribution in [2.45, 2.75) is 46.1 Å². The SMILES string of the molecule is COC(=O)C(C)(CC(C)(C)COC=O)CC(C)(N=[N+]=[N-])C(=O)OC. The largest absolute Gasteiger partial charge is 0.469 e. The van der Waals surface area contributed by atoms with Crippen LogP contribution in [0.2, 0.25) is 0 Å². The van der Waals surface area contributed by atoms with Crippen molar-refractivity contribution < 1.29 is 28.6 Å². The Bertz CT molecular complexity index is 529. The van der Waals surface area contributed by atoms with E-state index in [0.29, 0.717) is 6.47 Å². The minimum absolute atomic E-state index is 0.0829. The van der Waals surface area contributed by atoms with Gasteiger partial charge in [-0.2, -0.15) is 0 Å². The second-order valence-corrected chi connectivity index (χ2v) is 6.93. The Morgan fingerprint density at radius 1 is 1.08 bits per heavy atom. The van der Waals surface area contributed by atoms with E-state index in [0.717, 1.165) is 0 Å². The lowest BCUT2D eigenvalue weighted by atomic mass is 9.68. The Morgan fingerprint density at radius 3 is 2.04 bits per heavy atom. The lowest BCUT2D eigenvalue weighted by molar-refractivity contribution is -0.158. The van der Waals surface area contributed by atoms with Gasteiger partial charge in [-0.1, -0.05) is 19.0 Å². The summed E-state index contributed by atoms with van der Waals surface area (Å²) in [5, 5.41) is 3.53. The van der Waals surface area contributed by atoms with Gasteiger partial charge in [0, 0.05) is 10.3 Å². The molecule has 0 aliphatic rings. The second-order valence-electron chi connectivity index (χ2n) is 6.93. The van der Waals surface area contributed by atoms with Crippen molar-refractivity contribution in [2.75, 3.05) is 20.8 Å². The van der Waals surface area contributed by atoms with Crippen LogP contribution in [0, 0.1) is 10.8 Å². The predicted molar refractivity (Wildman–Crippen MR) is 84.7 cm³/mol. The third kappa shape index (κ3) is 5.73. The lowest BCUT2D eigenvalue weighted by Crippen LogP contribution is -2.45. The molecular weight excluding hydrogens is 318 g/mol. The number of esters is 2. The monoisotopic (exact) mass is 343 g/mol. The molecule has 136 valence electrons. The number of azide groups is 1. The van der Waals surface area contributed by atoms with Crippen molar-refractivity contribution in [3.05, 3.63) is 10.4 Å². The van der Waals surface area contributed by atoms with Gasteiger partial charge in [0.05, 0.1) is 26.2 Å². The number of methoxy groups -OCH3 is 2. The highest BCUT2D eigenvalue weighted by molar-refractivity contribution is 5.83. The Kier molecular flexibility index (Phi) is 7.73. The molecule has 0 spiro atoms. The number of nitrogens with zero attached hydrogens (tertiary/aromatic N) is 3. The van der Waals surface area contributed by atoms with E-state index in [1.807, 2.05) is 0 Å². The van der Waals surface area contributed by atoms with E-state index >= 15 is 0 Å². The first kappa shape index (κ1) is 21.7. The summed E-state index contributed by atoms with van der Waals surface area (Å²) >= 11 is 0. The first-order valence-corrected chi connectivity index (χ1v) is 7.28. The van der Waals surface area contributed by atoms with Crippen molar-refractivity contribution in [1.82, 2.24) is 0 Å². The summed E-state index contributed by atoms with van der Waals surface area (Å²) < 4.78 is 14.4. The maximum atomic E-state index is 12.4. The Balaban J connectivity index is 5.74. The average molecular weight is 343 g/mol. The van der Waals surface area contributed by atoms with Gasteiger partial charge < -0.3 is 14.2 Å². The lowest BCUT2D eigenvalue weighted by Gasteiger charge is -2.38. The molecule has 0 saturated heterocycles. The van der Waals surface area contributed by atoms with Crippen molar-refractivity contribution in [1.29, 1.82) is 0 Å². The summed E-state index contributed by atoms with van der Waals surface area (Å²) in [6.07, 6.45) is 0.113. The normalized spacial score (nSPS) is 15.9. The summed E-state index contributed by atoms with van der Waals surface area (Å²) in [5.41, 5.74) is 5.45. The number of hydrogen-bond donors (Lipinski definition) is 0. The number of hydrogen-bond acceptors (Lipinski definition) is 7. The van der Waals surface area contributed by atoms with E-state index < -0.39 is 28.3 Å². The van der Waals surface area contributed by atoms with Gasteiger partial charge in [0.1, 0.15) is 5.54 Å². The first-order chi connectivity index (χ1) is 11.0. The van der Waals surface area contributed by atoms with Crippen LogP contribution in [-0.2, 0) is 28.6 Å². The van der Waals surface area contributed by atoms with Crippen LogP contribution in [0.15, 0.2) is 5.11 Å². The number of carbonyl (C=O) groups is 3. The molecule has 0 aliphatic carbocycles. The van der Waals surface area contributed by atoms with Crippen LogP contribution in [0.25, 0.3) is 10.4 Å². The molecule has 2 unspecified atom stereocenters. The first-order valence-electron chi connectivity index (χ1n) is 7.28. The van der Waals surface area contributed by atoms with E-state index in [-0.39, 0.29) is 19.4 Å². The topological polar surface area (TPSA) is 128 Å². The molecule has 0 aliphatic heterocycles. The molecule has 0 radical (unpaired) electrons. The van der Waals surface area contributed by atoms with Crippen LogP contribution in [0.3, 0.4) is 0 Å². The molecule has 9 heteroatoms. The van der Waals surface area contributed by atoms with Crippen molar-refractivity contribution >= 4 is 18.4 Å². The Labute approximate surface area is 141 Å². The Hall–Kier alpha value is -2.28. The van der Waals surface area contributed by atoms with Crippen LogP contribution in [0.4, 0.5) is 0 Å². The highest BCUT2D eigenvalue weighted by Crippen LogP contribution is 2.42. The molecule has 24 heavy (non-hydrogen) atoms. The summed E-state index contributed by atoms with van der Waals surface area (Å²) in [7, 11) is 2.41.